The van der Waals surface area contributed by atoms with Gasteiger partial charge in [0.05, 0.1) is 5.60 Å². The van der Waals surface area contributed by atoms with Crippen LogP contribution < -0.4 is 5.32 Å². The zero-order chi connectivity index (χ0) is 13.2. The van der Waals surface area contributed by atoms with Gasteiger partial charge in [-0.3, -0.25) is 0 Å². The fourth-order valence-corrected chi connectivity index (χ4v) is 2.76. The second kappa shape index (κ2) is 5.41. The normalized spacial score (nSPS) is 24.8. The Morgan fingerprint density at radius 2 is 2.17 bits per heavy atom. The van der Waals surface area contributed by atoms with Gasteiger partial charge in [0.15, 0.2) is 0 Å². The molecule has 0 aliphatic carbocycles. The minimum Gasteiger partial charge on any atom is -0.375 e. The maximum Gasteiger partial charge on any atom is 0.0641 e. The minimum absolute atomic E-state index is 0.0161. The molecule has 0 aromatic heterocycles. The van der Waals surface area contributed by atoms with E-state index in [0.29, 0.717) is 12.1 Å². The van der Waals surface area contributed by atoms with Gasteiger partial charge < -0.3 is 10.1 Å². The van der Waals surface area contributed by atoms with Gasteiger partial charge >= 0.3 is 0 Å². The van der Waals surface area contributed by atoms with E-state index in [-0.39, 0.29) is 5.60 Å². The van der Waals surface area contributed by atoms with Crippen molar-refractivity contribution >= 4 is 0 Å². The largest absolute Gasteiger partial charge is 0.375 e. The van der Waals surface area contributed by atoms with Gasteiger partial charge in [-0.05, 0) is 46.1 Å². The van der Waals surface area contributed by atoms with Crippen molar-refractivity contribution in [3.8, 4) is 0 Å². The summed E-state index contributed by atoms with van der Waals surface area (Å²) in [6.07, 6.45) is 2.20. The van der Waals surface area contributed by atoms with Crippen LogP contribution in [0, 0.1) is 6.92 Å². The highest BCUT2D eigenvalue weighted by atomic mass is 16.5. The summed E-state index contributed by atoms with van der Waals surface area (Å²) in [5, 5.41) is 3.74. The molecule has 2 rings (SSSR count). The number of nitrogens with one attached hydrogen (secondary N) is 1. The van der Waals surface area contributed by atoms with Crippen LogP contribution in [0.25, 0.3) is 0 Å². The SMILES string of the molecule is Cc1cccc(C(C)NC2CCOC(C)(C)C2)c1. The summed E-state index contributed by atoms with van der Waals surface area (Å²) in [5.41, 5.74) is 2.72. The average molecular weight is 247 g/mol. The number of hydrogen-bond donors (Lipinski definition) is 1. The third kappa shape index (κ3) is 3.56. The smallest absolute Gasteiger partial charge is 0.0641 e. The highest BCUT2D eigenvalue weighted by molar-refractivity contribution is 5.24. The van der Waals surface area contributed by atoms with E-state index >= 15 is 0 Å². The number of benzene rings is 1. The van der Waals surface area contributed by atoms with Gasteiger partial charge in [0.25, 0.3) is 0 Å². The molecule has 1 aromatic carbocycles. The molecule has 18 heavy (non-hydrogen) atoms. The first-order valence-electron chi connectivity index (χ1n) is 6.93. The van der Waals surface area contributed by atoms with E-state index in [0.717, 1.165) is 19.4 Å². The quantitative estimate of drug-likeness (QED) is 0.881. The molecule has 1 saturated heterocycles. The molecule has 1 aliphatic rings. The molecule has 1 heterocycles. The van der Waals surface area contributed by atoms with E-state index in [1.165, 1.54) is 11.1 Å². The van der Waals surface area contributed by atoms with Crippen molar-refractivity contribution in [3.05, 3.63) is 35.4 Å². The van der Waals surface area contributed by atoms with Crippen LogP contribution >= 0.6 is 0 Å². The van der Waals surface area contributed by atoms with Crippen LogP contribution in [0.3, 0.4) is 0 Å². The standard InChI is InChI=1S/C16H25NO/c1-12-6-5-7-14(10-12)13(2)17-15-8-9-18-16(3,4)11-15/h5-7,10,13,15,17H,8-9,11H2,1-4H3. The molecule has 100 valence electrons. The first-order valence-corrected chi connectivity index (χ1v) is 6.93. The summed E-state index contributed by atoms with van der Waals surface area (Å²) in [6.45, 7) is 9.62. The maximum absolute atomic E-state index is 5.76. The molecule has 1 aromatic rings. The summed E-state index contributed by atoms with van der Waals surface area (Å²) in [4.78, 5) is 0. The Bertz CT molecular complexity index is 400. The summed E-state index contributed by atoms with van der Waals surface area (Å²) in [5.74, 6) is 0. The lowest BCUT2D eigenvalue weighted by atomic mass is 9.93. The predicted octanol–water partition coefficient (Wildman–Crippen LogP) is 3.60. The minimum atomic E-state index is 0.0161. The van der Waals surface area contributed by atoms with E-state index < -0.39 is 0 Å². The van der Waals surface area contributed by atoms with Gasteiger partial charge in [0, 0.05) is 18.7 Å². The molecule has 0 amide bonds. The van der Waals surface area contributed by atoms with Gasteiger partial charge in [-0.2, -0.15) is 0 Å². The third-order valence-electron chi connectivity index (χ3n) is 3.72. The fraction of sp³-hybridized carbons (Fsp3) is 0.625. The molecule has 2 atom stereocenters. The van der Waals surface area contributed by atoms with Crippen LogP contribution in [0.4, 0.5) is 0 Å². The summed E-state index contributed by atoms with van der Waals surface area (Å²) in [6, 6.07) is 9.72. The van der Waals surface area contributed by atoms with E-state index in [4.69, 9.17) is 4.74 Å². The zero-order valence-corrected chi connectivity index (χ0v) is 12.0. The Labute approximate surface area is 111 Å². The Kier molecular flexibility index (Phi) is 4.08. The molecular weight excluding hydrogens is 222 g/mol. The van der Waals surface area contributed by atoms with Crippen LogP contribution in [0.5, 0.6) is 0 Å². The summed E-state index contributed by atoms with van der Waals surface area (Å²) in [7, 11) is 0. The molecule has 2 nitrogen and oxygen atoms in total. The molecular formula is C16H25NO. The lowest BCUT2D eigenvalue weighted by Crippen LogP contribution is -2.44. The van der Waals surface area contributed by atoms with Crippen LogP contribution in [-0.2, 0) is 4.74 Å². The van der Waals surface area contributed by atoms with Crippen molar-refractivity contribution in [2.75, 3.05) is 6.61 Å². The number of aryl methyl sites for hydroxylation is 1. The lowest BCUT2D eigenvalue weighted by Gasteiger charge is -2.37. The lowest BCUT2D eigenvalue weighted by molar-refractivity contribution is -0.0639. The number of hydrogen-bond acceptors (Lipinski definition) is 2. The van der Waals surface area contributed by atoms with Gasteiger partial charge in [0.2, 0.25) is 0 Å². The molecule has 0 spiro atoms. The van der Waals surface area contributed by atoms with Crippen molar-refractivity contribution in [1.82, 2.24) is 5.32 Å². The Balaban J connectivity index is 1.97. The van der Waals surface area contributed by atoms with Gasteiger partial charge in [-0.15, -0.1) is 0 Å². The van der Waals surface area contributed by atoms with Crippen LogP contribution in [0.1, 0.15) is 50.8 Å². The maximum atomic E-state index is 5.76. The molecule has 2 unspecified atom stereocenters. The van der Waals surface area contributed by atoms with Gasteiger partial charge in [0.1, 0.15) is 0 Å². The fourth-order valence-electron chi connectivity index (χ4n) is 2.76. The van der Waals surface area contributed by atoms with Crippen molar-refractivity contribution in [2.24, 2.45) is 0 Å². The highest BCUT2D eigenvalue weighted by Gasteiger charge is 2.29. The molecule has 1 fully saturated rings. The molecule has 0 radical (unpaired) electrons. The Hall–Kier alpha value is -0.860. The van der Waals surface area contributed by atoms with Crippen molar-refractivity contribution in [1.29, 1.82) is 0 Å². The topological polar surface area (TPSA) is 21.3 Å². The van der Waals surface area contributed by atoms with Crippen LogP contribution in [0.15, 0.2) is 24.3 Å². The molecule has 0 saturated carbocycles. The molecule has 1 N–H and O–H groups in total. The van der Waals surface area contributed by atoms with Gasteiger partial charge in [-0.25, -0.2) is 0 Å². The predicted molar refractivity (Wildman–Crippen MR) is 75.8 cm³/mol. The number of ether oxygens (including phenoxy) is 1. The van der Waals surface area contributed by atoms with E-state index in [1.807, 2.05) is 0 Å². The van der Waals surface area contributed by atoms with Crippen molar-refractivity contribution in [2.45, 2.75) is 58.2 Å². The Morgan fingerprint density at radius 3 is 2.83 bits per heavy atom. The van der Waals surface area contributed by atoms with E-state index in [2.05, 4.69) is 57.3 Å². The Morgan fingerprint density at radius 1 is 1.39 bits per heavy atom. The molecule has 2 heteroatoms. The first kappa shape index (κ1) is 13.6. The molecule has 0 bridgehead atoms. The van der Waals surface area contributed by atoms with Crippen molar-refractivity contribution < 1.29 is 4.74 Å². The van der Waals surface area contributed by atoms with Crippen LogP contribution in [-0.4, -0.2) is 18.2 Å². The number of rotatable bonds is 3. The van der Waals surface area contributed by atoms with E-state index in [9.17, 15) is 0 Å². The van der Waals surface area contributed by atoms with Crippen molar-refractivity contribution in [3.63, 3.8) is 0 Å². The van der Waals surface area contributed by atoms with Crippen LogP contribution in [0.2, 0.25) is 0 Å². The summed E-state index contributed by atoms with van der Waals surface area (Å²) < 4.78 is 5.76. The highest BCUT2D eigenvalue weighted by Crippen LogP contribution is 2.26. The average Bonchev–Trinajstić information content (AvgIpc) is 2.27. The summed E-state index contributed by atoms with van der Waals surface area (Å²) >= 11 is 0. The zero-order valence-electron chi connectivity index (χ0n) is 12.0. The second-order valence-corrected chi connectivity index (χ2v) is 6.10. The molecule has 1 aliphatic heterocycles. The second-order valence-electron chi connectivity index (χ2n) is 6.10. The first-order chi connectivity index (χ1) is 8.46. The van der Waals surface area contributed by atoms with Gasteiger partial charge in [-0.1, -0.05) is 29.8 Å². The third-order valence-corrected chi connectivity index (χ3v) is 3.72. The van der Waals surface area contributed by atoms with E-state index in [1.54, 1.807) is 0 Å². The monoisotopic (exact) mass is 247 g/mol.